The van der Waals surface area contributed by atoms with E-state index in [2.05, 4.69) is 31.2 Å². The first-order valence-corrected chi connectivity index (χ1v) is 7.03. The van der Waals surface area contributed by atoms with Crippen LogP contribution in [0.2, 0.25) is 0 Å². The topological polar surface area (TPSA) is 26.3 Å². The number of hydrogen-bond acceptors (Lipinski definition) is 2. The molecule has 1 aliphatic rings. The quantitative estimate of drug-likeness (QED) is 0.588. The fraction of sp³-hybridized carbons (Fsp3) is 0.389. The van der Waals surface area contributed by atoms with Crippen molar-refractivity contribution < 1.29 is 9.53 Å². The lowest BCUT2D eigenvalue weighted by atomic mass is 9.86. The van der Waals surface area contributed by atoms with E-state index in [0.717, 1.165) is 11.5 Å². The summed E-state index contributed by atoms with van der Waals surface area (Å²) < 4.78 is 4.54. The molecule has 0 aromatic heterocycles. The van der Waals surface area contributed by atoms with Gasteiger partial charge in [-0.05, 0) is 44.6 Å². The largest absolute Gasteiger partial charge is 0.463 e. The molecule has 0 saturated carbocycles. The molecule has 20 heavy (non-hydrogen) atoms. The van der Waals surface area contributed by atoms with Gasteiger partial charge in [-0.1, -0.05) is 54.1 Å². The van der Waals surface area contributed by atoms with Crippen LogP contribution in [0.5, 0.6) is 0 Å². The lowest BCUT2D eigenvalue weighted by molar-refractivity contribution is -0.129. The molecule has 2 nitrogen and oxygen atoms in total. The first kappa shape index (κ1) is 16.2. The molecule has 0 spiro atoms. The Morgan fingerprint density at radius 2 is 2.10 bits per heavy atom. The molecule has 1 unspecified atom stereocenters. The molecule has 0 heterocycles. The van der Waals surface area contributed by atoms with E-state index >= 15 is 0 Å². The molecule has 0 bridgehead atoms. The minimum absolute atomic E-state index is 0.365. The Bertz CT molecular complexity index is 446. The SMILES string of the molecule is C=C(C)C1CC=C(C)CC1.O=COCc1ccccc1. The molecule has 0 saturated heterocycles. The molecular weight excluding hydrogens is 248 g/mol. The van der Waals surface area contributed by atoms with Crippen LogP contribution < -0.4 is 0 Å². The highest BCUT2D eigenvalue weighted by atomic mass is 16.5. The van der Waals surface area contributed by atoms with Gasteiger partial charge in [0.15, 0.2) is 0 Å². The van der Waals surface area contributed by atoms with Gasteiger partial charge in [-0.15, -0.1) is 0 Å². The van der Waals surface area contributed by atoms with E-state index in [1.165, 1.54) is 24.8 Å². The summed E-state index contributed by atoms with van der Waals surface area (Å²) in [6.07, 6.45) is 6.17. The highest BCUT2D eigenvalue weighted by Crippen LogP contribution is 2.27. The highest BCUT2D eigenvalue weighted by Gasteiger charge is 2.11. The zero-order chi connectivity index (χ0) is 14.8. The second-order valence-corrected chi connectivity index (χ2v) is 5.26. The van der Waals surface area contributed by atoms with Gasteiger partial charge in [0.2, 0.25) is 0 Å². The summed E-state index contributed by atoms with van der Waals surface area (Å²) in [5.74, 6) is 0.767. The number of benzene rings is 1. The maximum Gasteiger partial charge on any atom is 0.293 e. The Balaban J connectivity index is 0.000000200. The predicted octanol–water partition coefficient (Wildman–Crippen LogP) is 4.67. The Labute approximate surface area is 122 Å². The number of ether oxygens (including phenoxy) is 1. The third-order valence-electron chi connectivity index (χ3n) is 3.50. The van der Waals surface area contributed by atoms with Crippen molar-refractivity contribution in [1.82, 2.24) is 0 Å². The summed E-state index contributed by atoms with van der Waals surface area (Å²) in [6.45, 7) is 9.15. The van der Waals surface area contributed by atoms with Gasteiger partial charge in [0.25, 0.3) is 6.47 Å². The Morgan fingerprint density at radius 1 is 1.40 bits per heavy atom. The lowest BCUT2D eigenvalue weighted by Gasteiger charge is -2.19. The van der Waals surface area contributed by atoms with Crippen molar-refractivity contribution >= 4 is 6.47 Å². The van der Waals surface area contributed by atoms with Gasteiger partial charge in [-0.25, -0.2) is 0 Å². The van der Waals surface area contributed by atoms with Crippen LogP contribution in [-0.2, 0) is 16.1 Å². The molecule has 1 aromatic carbocycles. The lowest BCUT2D eigenvalue weighted by Crippen LogP contribution is -2.04. The van der Waals surface area contributed by atoms with Crippen LogP contribution in [0.15, 0.2) is 54.1 Å². The zero-order valence-electron chi connectivity index (χ0n) is 12.5. The second kappa shape index (κ2) is 9.13. The molecule has 1 aromatic rings. The second-order valence-electron chi connectivity index (χ2n) is 5.26. The molecule has 0 aliphatic heterocycles. The molecule has 0 amide bonds. The molecule has 108 valence electrons. The number of hydrogen-bond donors (Lipinski definition) is 0. The monoisotopic (exact) mass is 272 g/mol. The van der Waals surface area contributed by atoms with E-state index in [4.69, 9.17) is 0 Å². The number of carbonyl (C=O) groups excluding carboxylic acids is 1. The van der Waals surface area contributed by atoms with Crippen molar-refractivity contribution in [3.63, 3.8) is 0 Å². The highest BCUT2D eigenvalue weighted by molar-refractivity contribution is 5.37. The van der Waals surface area contributed by atoms with Crippen LogP contribution in [-0.4, -0.2) is 6.47 Å². The molecule has 2 rings (SSSR count). The molecular formula is C18H24O2. The van der Waals surface area contributed by atoms with E-state index in [1.54, 1.807) is 5.57 Å². The zero-order valence-corrected chi connectivity index (χ0v) is 12.5. The molecule has 1 aliphatic carbocycles. The van der Waals surface area contributed by atoms with E-state index in [0.29, 0.717) is 13.1 Å². The molecule has 0 fully saturated rings. The van der Waals surface area contributed by atoms with E-state index in [-0.39, 0.29) is 0 Å². The predicted molar refractivity (Wildman–Crippen MR) is 83.2 cm³/mol. The molecule has 1 atom stereocenters. The first-order valence-electron chi connectivity index (χ1n) is 7.03. The molecule has 2 heteroatoms. The van der Waals surface area contributed by atoms with Crippen molar-refractivity contribution in [1.29, 1.82) is 0 Å². The van der Waals surface area contributed by atoms with Crippen molar-refractivity contribution in [3.8, 4) is 0 Å². The van der Waals surface area contributed by atoms with Gasteiger partial charge >= 0.3 is 0 Å². The average molecular weight is 272 g/mol. The fourth-order valence-electron chi connectivity index (χ4n) is 2.12. The van der Waals surface area contributed by atoms with Crippen LogP contribution in [0.3, 0.4) is 0 Å². The first-order chi connectivity index (χ1) is 9.63. The van der Waals surface area contributed by atoms with Crippen LogP contribution in [0, 0.1) is 5.92 Å². The summed E-state index contributed by atoms with van der Waals surface area (Å²) in [4.78, 5) is 9.76. The van der Waals surface area contributed by atoms with Crippen molar-refractivity contribution in [2.45, 2.75) is 39.7 Å². The maximum absolute atomic E-state index is 9.76. The summed E-state index contributed by atoms with van der Waals surface area (Å²) in [5, 5.41) is 0. The van der Waals surface area contributed by atoms with E-state index in [9.17, 15) is 4.79 Å². The van der Waals surface area contributed by atoms with Crippen LogP contribution in [0.25, 0.3) is 0 Å². The van der Waals surface area contributed by atoms with Gasteiger partial charge in [-0.2, -0.15) is 0 Å². The van der Waals surface area contributed by atoms with Crippen LogP contribution >= 0.6 is 0 Å². The molecule has 0 radical (unpaired) electrons. The van der Waals surface area contributed by atoms with Gasteiger partial charge in [-0.3, -0.25) is 4.79 Å². The van der Waals surface area contributed by atoms with Gasteiger partial charge in [0.05, 0.1) is 0 Å². The normalized spacial score (nSPS) is 17.3. The third kappa shape index (κ3) is 6.37. The van der Waals surface area contributed by atoms with Crippen molar-refractivity contribution in [3.05, 3.63) is 59.7 Å². The van der Waals surface area contributed by atoms with Crippen molar-refractivity contribution in [2.24, 2.45) is 5.92 Å². The fourth-order valence-corrected chi connectivity index (χ4v) is 2.12. The summed E-state index contributed by atoms with van der Waals surface area (Å²) >= 11 is 0. The third-order valence-corrected chi connectivity index (χ3v) is 3.50. The van der Waals surface area contributed by atoms with Gasteiger partial charge in [0, 0.05) is 0 Å². The van der Waals surface area contributed by atoms with E-state index < -0.39 is 0 Å². The number of rotatable bonds is 4. The van der Waals surface area contributed by atoms with Crippen LogP contribution in [0.4, 0.5) is 0 Å². The minimum atomic E-state index is 0.365. The van der Waals surface area contributed by atoms with Gasteiger partial charge in [0.1, 0.15) is 6.61 Å². The van der Waals surface area contributed by atoms with Gasteiger partial charge < -0.3 is 4.74 Å². The van der Waals surface area contributed by atoms with Crippen molar-refractivity contribution in [2.75, 3.05) is 0 Å². The standard InChI is InChI=1S/C10H16.C8H8O2/c1-8(2)10-6-4-9(3)5-7-10;9-7-10-6-8-4-2-1-3-5-8/h4,10H,1,5-7H2,2-3H3;1-5,7H,6H2. The Kier molecular flexibility index (Phi) is 7.41. The summed E-state index contributed by atoms with van der Waals surface area (Å²) in [7, 11) is 0. The maximum atomic E-state index is 9.76. The number of carbonyl (C=O) groups is 1. The summed E-state index contributed by atoms with van der Waals surface area (Å²) in [6, 6.07) is 9.55. The Morgan fingerprint density at radius 3 is 2.60 bits per heavy atom. The molecule has 0 N–H and O–H groups in total. The average Bonchev–Trinajstić information content (AvgIpc) is 2.47. The van der Waals surface area contributed by atoms with Crippen LogP contribution in [0.1, 0.15) is 38.7 Å². The summed E-state index contributed by atoms with van der Waals surface area (Å²) in [5.41, 5.74) is 3.91. The minimum Gasteiger partial charge on any atom is -0.463 e. The Hall–Kier alpha value is -1.83. The number of allylic oxidation sites excluding steroid dienone is 3. The van der Waals surface area contributed by atoms with E-state index in [1.807, 2.05) is 30.3 Å². The smallest absolute Gasteiger partial charge is 0.293 e.